The van der Waals surface area contributed by atoms with Crippen molar-refractivity contribution < 1.29 is 9.47 Å². The quantitative estimate of drug-likeness (QED) is 0.891. The second-order valence-electron chi connectivity index (χ2n) is 4.88. The number of methoxy groups -OCH3 is 1. The summed E-state index contributed by atoms with van der Waals surface area (Å²) < 4.78 is 10.8. The Morgan fingerprint density at radius 1 is 1.48 bits per heavy atom. The summed E-state index contributed by atoms with van der Waals surface area (Å²) in [7, 11) is 1.59. The Hall–Kier alpha value is -2.52. The Balaban J connectivity index is 2.09. The number of nitrogens with zero attached hydrogens (tertiary/aromatic N) is 3. The molecule has 0 aromatic heterocycles. The first-order valence-electron chi connectivity index (χ1n) is 6.74. The summed E-state index contributed by atoms with van der Waals surface area (Å²) in [6.07, 6.45) is 0.738. The number of nitriles is 1. The van der Waals surface area contributed by atoms with E-state index in [1.807, 2.05) is 24.3 Å². The van der Waals surface area contributed by atoms with Gasteiger partial charge in [-0.15, -0.1) is 0 Å². The van der Waals surface area contributed by atoms with Crippen molar-refractivity contribution >= 4 is 11.4 Å². The summed E-state index contributed by atoms with van der Waals surface area (Å²) >= 11 is 0. The molecule has 1 aromatic carbocycles. The van der Waals surface area contributed by atoms with E-state index in [-0.39, 0.29) is 5.92 Å². The van der Waals surface area contributed by atoms with Crippen LogP contribution in [0.1, 0.15) is 6.42 Å². The standard InChI is InChI=1S/C15H16N4O2/c1-20-14-5-3-2-4-13(14)19-15(17)11(8-16)10-6-7-21-9-12(10)18-19/h2-5,10H,6-7,9,17H2,1H3. The Labute approximate surface area is 123 Å². The number of hydrogen-bond acceptors (Lipinski definition) is 6. The molecule has 0 radical (unpaired) electrons. The van der Waals surface area contributed by atoms with Crippen molar-refractivity contribution in [3.8, 4) is 11.8 Å². The van der Waals surface area contributed by atoms with Crippen LogP contribution in [0.25, 0.3) is 0 Å². The van der Waals surface area contributed by atoms with Gasteiger partial charge in [-0.1, -0.05) is 12.1 Å². The van der Waals surface area contributed by atoms with Gasteiger partial charge >= 0.3 is 0 Å². The summed E-state index contributed by atoms with van der Waals surface area (Å²) in [5.41, 5.74) is 8.27. The lowest BCUT2D eigenvalue weighted by atomic mass is 9.89. The molecule has 0 amide bonds. The number of anilines is 1. The lowest BCUT2D eigenvalue weighted by molar-refractivity contribution is 0.142. The Bertz CT molecular complexity index is 660. The highest BCUT2D eigenvalue weighted by Crippen LogP contribution is 2.35. The van der Waals surface area contributed by atoms with Crippen molar-refractivity contribution in [3.63, 3.8) is 0 Å². The highest BCUT2D eigenvalue weighted by atomic mass is 16.5. The molecule has 1 atom stereocenters. The predicted molar refractivity (Wildman–Crippen MR) is 78.7 cm³/mol. The molecule has 6 nitrogen and oxygen atoms in total. The third-order valence-corrected chi connectivity index (χ3v) is 3.72. The molecular weight excluding hydrogens is 268 g/mol. The molecule has 2 aliphatic heterocycles. The fraction of sp³-hybridized carbons (Fsp3) is 0.333. The van der Waals surface area contributed by atoms with Crippen LogP contribution in [-0.2, 0) is 4.74 Å². The van der Waals surface area contributed by atoms with Crippen molar-refractivity contribution in [1.29, 1.82) is 5.26 Å². The molecule has 0 saturated carbocycles. The van der Waals surface area contributed by atoms with E-state index >= 15 is 0 Å². The molecule has 6 heteroatoms. The topological polar surface area (TPSA) is 83.9 Å². The van der Waals surface area contributed by atoms with Gasteiger partial charge in [0.05, 0.1) is 31.1 Å². The SMILES string of the molecule is COc1ccccc1N1N=C2COCCC2C(C#N)=C1N. The van der Waals surface area contributed by atoms with Crippen molar-refractivity contribution in [2.75, 3.05) is 25.3 Å². The van der Waals surface area contributed by atoms with E-state index in [1.165, 1.54) is 0 Å². The molecule has 108 valence electrons. The first-order valence-corrected chi connectivity index (χ1v) is 6.74. The minimum Gasteiger partial charge on any atom is -0.494 e. The van der Waals surface area contributed by atoms with Crippen LogP contribution in [-0.4, -0.2) is 26.0 Å². The van der Waals surface area contributed by atoms with Crippen LogP contribution in [0.5, 0.6) is 5.75 Å². The molecule has 3 rings (SSSR count). The summed E-state index contributed by atoms with van der Waals surface area (Å²) in [5, 5.41) is 15.6. The Morgan fingerprint density at radius 2 is 2.29 bits per heavy atom. The van der Waals surface area contributed by atoms with Crippen molar-refractivity contribution in [3.05, 3.63) is 35.7 Å². The molecular formula is C15H16N4O2. The fourth-order valence-electron chi connectivity index (χ4n) is 2.65. The molecule has 0 spiro atoms. The molecule has 1 fully saturated rings. The summed E-state index contributed by atoms with van der Waals surface area (Å²) in [4.78, 5) is 0. The molecule has 1 unspecified atom stereocenters. The molecule has 2 heterocycles. The largest absolute Gasteiger partial charge is 0.494 e. The van der Waals surface area contributed by atoms with Gasteiger partial charge in [0.1, 0.15) is 17.3 Å². The predicted octanol–water partition coefficient (Wildman–Crippen LogP) is 1.60. The molecule has 1 aromatic rings. The van der Waals surface area contributed by atoms with E-state index in [9.17, 15) is 5.26 Å². The number of nitrogens with two attached hydrogens (primary N) is 1. The van der Waals surface area contributed by atoms with Crippen LogP contribution in [0.3, 0.4) is 0 Å². The van der Waals surface area contributed by atoms with Gasteiger partial charge in [0.2, 0.25) is 0 Å². The van der Waals surface area contributed by atoms with E-state index in [1.54, 1.807) is 12.1 Å². The van der Waals surface area contributed by atoms with Gasteiger partial charge < -0.3 is 15.2 Å². The van der Waals surface area contributed by atoms with Crippen molar-refractivity contribution in [2.24, 2.45) is 16.8 Å². The number of hydrogen-bond donors (Lipinski definition) is 1. The maximum atomic E-state index is 9.45. The first kappa shape index (κ1) is 13.5. The van der Waals surface area contributed by atoms with Crippen LogP contribution in [0.15, 0.2) is 40.8 Å². The molecule has 2 aliphatic rings. The van der Waals surface area contributed by atoms with Gasteiger partial charge in [0.25, 0.3) is 0 Å². The van der Waals surface area contributed by atoms with Crippen LogP contribution < -0.4 is 15.5 Å². The summed E-state index contributed by atoms with van der Waals surface area (Å²) in [6, 6.07) is 9.66. The van der Waals surface area contributed by atoms with E-state index < -0.39 is 0 Å². The number of rotatable bonds is 2. The number of benzene rings is 1. The molecule has 21 heavy (non-hydrogen) atoms. The second kappa shape index (κ2) is 5.46. The zero-order valence-electron chi connectivity index (χ0n) is 11.7. The number of allylic oxidation sites excluding steroid dienone is 1. The Morgan fingerprint density at radius 3 is 3.05 bits per heavy atom. The maximum Gasteiger partial charge on any atom is 0.144 e. The van der Waals surface area contributed by atoms with Gasteiger partial charge in [0.15, 0.2) is 0 Å². The number of ether oxygens (including phenoxy) is 2. The van der Waals surface area contributed by atoms with Gasteiger partial charge in [-0.05, 0) is 18.6 Å². The van der Waals surface area contributed by atoms with Crippen LogP contribution in [0.4, 0.5) is 5.69 Å². The highest BCUT2D eigenvalue weighted by Gasteiger charge is 2.34. The van der Waals surface area contributed by atoms with Crippen LogP contribution >= 0.6 is 0 Å². The van der Waals surface area contributed by atoms with Crippen LogP contribution in [0, 0.1) is 17.2 Å². The monoisotopic (exact) mass is 284 g/mol. The zero-order chi connectivity index (χ0) is 14.8. The van der Waals surface area contributed by atoms with Crippen molar-refractivity contribution in [2.45, 2.75) is 6.42 Å². The average Bonchev–Trinajstić information content (AvgIpc) is 2.54. The van der Waals surface area contributed by atoms with E-state index in [0.717, 1.165) is 12.1 Å². The van der Waals surface area contributed by atoms with Gasteiger partial charge in [0, 0.05) is 12.5 Å². The number of hydrazone groups is 1. The maximum absolute atomic E-state index is 9.45. The normalized spacial score (nSPS) is 21.4. The molecule has 2 N–H and O–H groups in total. The zero-order valence-corrected chi connectivity index (χ0v) is 11.7. The average molecular weight is 284 g/mol. The van der Waals surface area contributed by atoms with E-state index in [4.69, 9.17) is 15.2 Å². The summed E-state index contributed by atoms with van der Waals surface area (Å²) in [5.74, 6) is 0.977. The lowest BCUT2D eigenvalue weighted by Crippen LogP contribution is -2.39. The first-order chi connectivity index (χ1) is 10.3. The smallest absolute Gasteiger partial charge is 0.144 e. The lowest BCUT2D eigenvalue weighted by Gasteiger charge is -2.33. The molecule has 0 aliphatic carbocycles. The third kappa shape index (κ3) is 2.22. The number of fused-ring (bicyclic) bond motifs is 1. The van der Waals surface area contributed by atoms with Gasteiger partial charge in [-0.3, -0.25) is 0 Å². The second-order valence-corrected chi connectivity index (χ2v) is 4.88. The third-order valence-electron chi connectivity index (χ3n) is 3.72. The molecule has 1 saturated heterocycles. The molecule has 0 bridgehead atoms. The Kier molecular flexibility index (Phi) is 3.50. The van der Waals surface area contributed by atoms with Gasteiger partial charge in [-0.2, -0.15) is 10.4 Å². The van der Waals surface area contributed by atoms with Crippen molar-refractivity contribution in [1.82, 2.24) is 0 Å². The van der Waals surface area contributed by atoms with Gasteiger partial charge in [-0.25, -0.2) is 5.01 Å². The summed E-state index contributed by atoms with van der Waals surface area (Å²) in [6.45, 7) is 1.05. The van der Waals surface area contributed by atoms with E-state index in [0.29, 0.717) is 36.0 Å². The minimum atomic E-state index is -0.0327. The number of para-hydroxylation sites is 2. The highest BCUT2D eigenvalue weighted by molar-refractivity contribution is 5.94. The van der Waals surface area contributed by atoms with E-state index in [2.05, 4.69) is 11.2 Å². The fourth-order valence-corrected chi connectivity index (χ4v) is 2.65. The van der Waals surface area contributed by atoms with Crippen LogP contribution in [0.2, 0.25) is 0 Å². The minimum absolute atomic E-state index is 0.0327.